The van der Waals surface area contributed by atoms with Crippen LogP contribution in [0.4, 0.5) is 0 Å². The Morgan fingerprint density at radius 2 is 1.22 bits per heavy atom. The standard InChI is InChI=1S/C14H20O4/c1-3-7-13(11(15)16)9-5-6-10-14(13,8-4-2)12(17)18/h5-6,9-10H,3-4,7-8H2,1-2H3,(H,15,16)(H,17,18)/t13-,14-/m1/s1. The summed E-state index contributed by atoms with van der Waals surface area (Å²) in [4.78, 5) is 23.4. The number of carboxylic acids is 2. The van der Waals surface area contributed by atoms with Gasteiger partial charge < -0.3 is 10.2 Å². The highest BCUT2D eigenvalue weighted by atomic mass is 16.4. The molecule has 0 bridgehead atoms. The fourth-order valence-corrected chi connectivity index (χ4v) is 2.88. The predicted molar refractivity (Wildman–Crippen MR) is 68.2 cm³/mol. The Labute approximate surface area is 107 Å². The van der Waals surface area contributed by atoms with Crippen LogP contribution in [0, 0.1) is 10.8 Å². The van der Waals surface area contributed by atoms with E-state index in [1.807, 2.05) is 13.8 Å². The molecule has 1 rings (SSSR count). The lowest BCUT2D eigenvalue weighted by molar-refractivity contribution is -0.167. The summed E-state index contributed by atoms with van der Waals surface area (Å²) < 4.78 is 0. The van der Waals surface area contributed by atoms with Gasteiger partial charge in [0, 0.05) is 0 Å². The van der Waals surface area contributed by atoms with E-state index in [1.54, 1.807) is 24.3 Å². The van der Waals surface area contributed by atoms with Gasteiger partial charge >= 0.3 is 11.9 Å². The molecule has 0 unspecified atom stereocenters. The molecule has 4 nitrogen and oxygen atoms in total. The number of rotatable bonds is 6. The lowest BCUT2D eigenvalue weighted by atomic mass is 9.57. The van der Waals surface area contributed by atoms with Gasteiger partial charge in [-0.15, -0.1) is 0 Å². The van der Waals surface area contributed by atoms with Crippen LogP contribution in [-0.4, -0.2) is 22.2 Å². The van der Waals surface area contributed by atoms with Crippen LogP contribution in [0.1, 0.15) is 39.5 Å². The average Bonchev–Trinajstić information content (AvgIpc) is 2.31. The molecule has 0 radical (unpaired) electrons. The van der Waals surface area contributed by atoms with Gasteiger partial charge in [-0.1, -0.05) is 51.0 Å². The summed E-state index contributed by atoms with van der Waals surface area (Å²) in [5, 5.41) is 19.2. The zero-order valence-electron chi connectivity index (χ0n) is 10.8. The first-order valence-electron chi connectivity index (χ1n) is 6.30. The molecule has 4 heteroatoms. The SMILES string of the molecule is CCC[C@]1(C(=O)O)C=CC=C[C@]1(CCC)C(=O)O. The summed E-state index contributed by atoms with van der Waals surface area (Å²) >= 11 is 0. The second-order valence-electron chi connectivity index (χ2n) is 4.77. The Morgan fingerprint density at radius 3 is 1.44 bits per heavy atom. The Hall–Kier alpha value is -1.58. The fourth-order valence-electron chi connectivity index (χ4n) is 2.88. The van der Waals surface area contributed by atoms with Gasteiger partial charge in [0.05, 0.1) is 0 Å². The van der Waals surface area contributed by atoms with Gasteiger partial charge in [-0.3, -0.25) is 9.59 Å². The molecule has 0 amide bonds. The summed E-state index contributed by atoms with van der Waals surface area (Å²) in [7, 11) is 0. The Kier molecular flexibility index (Phi) is 4.33. The molecule has 2 N–H and O–H groups in total. The van der Waals surface area contributed by atoms with Crippen LogP contribution < -0.4 is 0 Å². The van der Waals surface area contributed by atoms with Crippen molar-refractivity contribution < 1.29 is 19.8 Å². The molecular weight excluding hydrogens is 232 g/mol. The number of hydrogen-bond acceptors (Lipinski definition) is 2. The van der Waals surface area contributed by atoms with E-state index in [-0.39, 0.29) is 0 Å². The lowest BCUT2D eigenvalue weighted by Crippen LogP contribution is -2.51. The Balaban J connectivity index is 3.42. The van der Waals surface area contributed by atoms with Gasteiger partial charge in [0.1, 0.15) is 10.8 Å². The van der Waals surface area contributed by atoms with E-state index < -0.39 is 22.8 Å². The smallest absolute Gasteiger partial charge is 0.315 e. The van der Waals surface area contributed by atoms with Gasteiger partial charge in [-0.25, -0.2) is 0 Å². The van der Waals surface area contributed by atoms with Crippen LogP contribution in [0.5, 0.6) is 0 Å². The van der Waals surface area contributed by atoms with Crippen molar-refractivity contribution in [3.63, 3.8) is 0 Å². The van der Waals surface area contributed by atoms with Crippen molar-refractivity contribution in [3.05, 3.63) is 24.3 Å². The average molecular weight is 252 g/mol. The van der Waals surface area contributed by atoms with E-state index in [0.717, 1.165) is 0 Å². The molecule has 0 aliphatic heterocycles. The van der Waals surface area contributed by atoms with Crippen molar-refractivity contribution in [3.8, 4) is 0 Å². The maximum absolute atomic E-state index is 11.7. The van der Waals surface area contributed by atoms with Crippen LogP contribution >= 0.6 is 0 Å². The molecule has 18 heavy (non-hydrogen) atoms. The molecule has 0 aromatic rings. The highest BCUT2D eigenvalue weighted by molar-refractivity contribution is 5.90. The van der Waals surface area contributed by atoms with Gasteiger partial charge in [0.2, 0.25) is 0 Å². The molecule has 0 aromatic carbocycles. The summed E-state index contributed by atoms with van der Waals surface area (Å²) in [6.45, 7) is 3.74. The van der Waals surface area contributed by atoms with Crippen LogP contribution in [0.3, 0.4) is 0 Å². The lowest BCUT2D eigenvalue weighted by Gasteiger charge is -2.43. The van der Waals surface area contributed by atoms with E-state index in [2.05, 4.69) is 0 Å². The van der Waals surface area contributed by atoms with Crippen molar-refractivity contribution in [2.75, 3.05) is 0 Å². The van der Waals surface area contributed by atoms with Crippen LogP contribution in [0.15, 0.2) is 24.3 Å². The first kappa shape index (κ1) is 14.5. The summed E-state index contributed by atoms with van der Waals surface area (Å²) in [6, 6.07) is 0. The molecule has 0 aromatic heterocycles. The van der Waals surface area contributed by atoms with E-state index in [9.17, 15) is 19.8 Å². The summed E-state index contributed by atoms with van der Waals surface area (Å²) in [5.74, 6) is -2.11. The molecule has 0 saturated heterocycles. The first-order valence-corrected chi connectivity index (χ1v) is 6.30. The molecule has 0 saturated carbocycles. The molecule has 0 heterocycles. The van der Waals surface area contributed by atoms with Crippen LogP contribution in [0.25, 0.3) is 0 Å². The van der Waals surface area contributed by atoms with E-state index >= 15 is 0 Å². The van der Waals surface area contributed by atoms with Gasteiger partial charge in [-0.2, -0.15) is 0 Å². The third-order valence-electron chi connectivity index (χ3n) is 3.72. The first-order chi connectivity index (χ1) is 8.47. The zero-order chi connectivity index (χ0) is 13.8. The normalized spacial score (nSPS) is 30.3. The number of aliphatic carboxylic acids is 2. The molecule has 1 aliphatic carbocycles. The highest BCUT2D eigenvalue weighted by Gasteiger charge is 2.58. The summed E-state index contributed by atoms with van der Waals surface area (Å²) in [5.41, 5.74) is -2.67. The van der Waals surface area contributed by atoms with Crippen LogP contribution in [0.2, 0.25) is 0 Å². The third kappa shape index (κ3) is 1.96. The minimum atomic E-state index is -1.33. The highest BCUT2D eigenvalue weighted by Crippen LogP contribution is 2.51. The Morgan fingerprint density at radius 1 is 0.889 bits per heavy atom. The number of carboxylic acid groups (broad SMARTS) is 2. The Bertz CT molecular complexity index is 359. The minimum Gasteiger partial charge on any atom is -0.481 e. The molecule has 0 spiro atoms. The topological polar surface area (TPSA) is 74.6 Å². The van der Waals surface area contributed by atoms with Crippen molar-refractivity contribution >= 4 is 11.9 Å². The minimum absolute atomic E-state index is 0.329. The molecule has 0 fully saturated rings. The quantitative estimate of drug-likeness (QED) is 0.762. The maximum Gasteiger partial charge on any atom is 0.315 e. The molecule has 100 valence electrons. The second-order valence-corrected chi connectivity index (χ2v) is 4.77. The van der Waals surface area contributed by atoms with Gasteiger partial charge in [0.15, 0.2) is 0 Å². The van der Waals surface area contributed by atoms with E-state index in [4.69, 9.17) is 0 Å². The third-order valence-corrected chi connectivity index (χ3v) is 3.72. The molecule has 1 aliphatic rings. The zero-order valence-corrected chi connectivity index (χ0v) is 10.8. The number of carbonyl (C=O) groups is 2. The van der Waals surface area contributed by atoms with Gasteiger partial charge in [-0.05, 0) is 12.8 Å². The predicted octanol–water partition coefficient (Wildman–Crippen LogP) is 2.85. The maximum atomic E-state index is 11.7. The van der Waals surface area contributed by atoms with Crippen molar-refractivity contribution in [2.24, 2.45) is 10.8 Å². The van der Waals surface area contributed by atoms with E-state index in [0.29, 0.717) is 25.7 Å². The van der Waals surface area contributed by atoms with Crippen molar-refractivity contribution in [1.82, 2.24) is 0 Å². The van der Waals surface area contributed by atoms with Crippen molar-refractivity contribution in [1.29, 1.82) is 0 Å². The van der Waals surface area contributed by atoms with Crippen LogP contribution in [-0.2, 0) is 9.59 Å². The molecule has 2 atom stereocenters. The number of hydrogen-bond donors (Lipinski definition) is 2. The largest absolute Gasteiger partial charge is 0.481 e. The van der Waals surface area contributed by atoms with Crippen molar-refractivity contribution in [2.45, 2.75) is 39.5 Å². The monoisotopic (exact) mass is 252 g/mol. The second kappa shape index (κ2) is 5.38. The fraction of sp³-hybridized carbons (Fsp3) is 0.571. The van der Waals surface area contributed by atoms with Gasteiger partial charge in [0.25, 0.3) is 0 Å². The molecular formula is C14H20O4. The van der Waals surface area contributed by atoms with E-state index in [1.165, 1.54) is 0 Å². The summed E-state index contributed by atoms with van der Waals surface area (Å²) in [6.07, 6.45) is 8.28. The number of allylic oxidation sites excluding steroid dienone is 2.